The van der Waals surface area contributed by atoms with Gasteiger partial charge < -0.3 is 14.8 Å². The van der Waals surface area contributed by atoms with Crippen molar-refractivity contribution >= 4 is 21.6 Å². The van der Waals surface area contributed by atoms with Crippen LogP contribution >= 0.6 is 0 Å². The summed E-state index contributed by atoms with van der Waals surface area (Å²) >= 11 is 0. The lowest BCUT2D eigenvalue weighted by atomic mass is 9.94. The molecule has 168 valence electrons. The number of hydrogen-bond acceptors (Lipinski definition) is 5. The summed E-state index contributed by atoms with van der Waals surface area (Å²) in [4.78, 5) is 12.1. The van der Waals surface area contributed by atoms with Crippen LogP contribution in [-0.4, -0.2) is 45.9 Å². The number of hydrogen-bond donors (Lipinski definition) is 1. The number of benzene rings is 2. The van der Waals surface area contributed by atoms with Crippen molar-refractivity contribution in [3.63, 3.8) is 0 Å². The number of nitrogens with one attached hydrogen (secondary N) is 1. The summed E-state index contributed by atoms with van der Waals surface area (Å²) in [6, 6.07) is 10.5. The normalized spacial score (nSPS) is 17.2. The third-order valence-electron chi connectivity index (χ3n) is 5.40. The van der Waals surface area contributed by atoms with Gasteiger partial charge in [-0.25, -0.2) is 12.8 Å². The van der Waals surface area contributed by atoms with Gasteiger partial charge in [-0.2, -0.15) is 4.31 Å². The first kappa shape index (κ1) is 23.0. The van der Waals surface area contributed by atoms with Crippen molar-refractivity contribution in [3.05, 3.63) is 48.3 Å². The highest BCUT2D eigenvalue weighted by Crippen LogP contribution is 2.30. The van der Waals surface area contributed by atoms with Crippen molar-refractivity contribution in [1.82, 2.24) is 4.31 Å². The maximum atomic E-state index is 14.0. The molecule has 1 aliphatic rings. The molecule has 1 amide bonds. The van der Waals surface area contributed by atoms with Crippen molar-refractivity contribution in [2.24, 2.45) is 5.92 Å². The lowest BCUT2D eigenvalue weighted by molar-refractivity contribution is -0.116. The molecule has 1 saturated heterocycles. The van der Waals surface area contributed by atoms with E-state index in [2.05, 4.69) is 5.32 Å². The summed E-state index contributed by atoms with van der Waals surface area (Å²) in [6.45, 7) is 0.623. The fourth-order valence-corrected chi connectivity index (χ4v) is 5.34. The van der Waals surface area contributed by atoms with Gasteiger partial charge in [0.2, 0.25) is 15.9 Å². The molecule has 9 heteroatoms. The fourth-order valence-electron chi connectivity index (χ4n) is 3.72. The number of anilines is 1. The maximum Gasteiger partial charge on any atom is 0.245 e. The summed E-state index contributed by atoms with van der Waals surface area (Å²) < 4.78 is 51.5. The van der Waals surface area contributed by atoms with Gasteiger partial charge in [-0.15, -0.1) is 0 Å². The molecule has 1 N–H and O–H groups in total. The first-order chi connectivity index (χ1) is 14.8. The van der Waals surface area contributed by atoms with E-state index < -0.39 is 15.8 Å². The molecule has 2 aromatic rings. The van der Waals surface area contributed by atoms with Crippen LogP contribution in [0.5, 0.6) is 11.5 Å². The van der Waals surface area contributed by atoms with Crippen molar-refractivity contribution < 1.29 is 27.1 Å². The number of sulfonamides is 1. The van der Waals surface area contributed by atoms with Gasteiger partial charge >= 0.3 is 0 Å². The van der Waals surface area contributed by atoms with Gasteiger partial charge in [0.25, 0.3) is 0 Å². The summed E-state index contributed by atoms with van der Waals surface area (Å²) in [5.74, 6) is 0.203. The molecule has 0 bridgehead atoms. The molecule has 0 radical (unpaired) electrons. The molecule has 0 aromatic heterocycles. The Balaban J connectivity index is 1.59. The molecule has 0 aliphatic carbocycles. The molecule has 1 aliphatic heterocycles. The zero-order valence-corrected chi connectivity index (χ0v) is 18.5. The highest BCUT2D eigenvalue weighted by molar-refractivity contribution is 7.89. The smallest absolute Gasteiger partial charge is 0.245 e. The molecule has 1 heterocycles. The number of halogens is 1. The Kier molecular flexibility index (Phi) is 7.50. The number of nitrogens with zero attached hydrogens (tertiary/aromatic N) is 1. The van der Waals surface area contributed by atoms with Gasteiger partial charge in [0.05, 0.1) is 19.9 Å². The second-order valence-electron chi connectivity index (χ2n) is 7.45. The molecule has 1 fully saturated rings. The number of amides is 1. The minimum Gasteiger partial charge on any atom is -0.497 e. The van der Waals surface area contributed by atoms with Crippen molar-refractivity contribution in [2.45, 2.75) is 30.6 Å². The van der Waals surface area contributed by atoms with Crippen LogP contribution < -0.4 is 14.8 Å². The summed E-state index contributed by atoms with van der Waals surface area (Å²) in [6.07, 6.45) is 2.27. The van der Waals surface area contributed by atoms with E-state index in [4.69, 9.17) is 9.47 Å². The van der Waals surface area contributed by atoms with Gasteiger partial charge in [-0.3, -0.25) is 4.79 Å². The van der Waals surface area contributed by atoms with Crippen LogP contribution in [0.2, 0.25) is 0 Å². The number of methoxy groups -OCH3 is 2. The molecule has 0 spiro atoms. The van der Waals surface area contributed by atoms with E-state index in [-0.39, 0.29) is 29.7 Å². The minimum absolute atomic E-state index is 0.0267. The highest BCUT2D eigenvalue weighted by Gasteiger charge is 2.32. The quantitative estimate of drug-likeness (QED) is 0.664. The van der Waals surface area contributed by atoms with Gasteiger partial charge in [0.15, 0.2) is 0 Å². The summed E-state index contributed by atoms with van der Waals surface area (Å²) in [5, 5.41) is 2.83. The van der Waals surface area contributed by atoms with Crippen molar-refractivity contribution in [3.8, 4) is 11.5 Å². The van der Waals surface area contributed by atoms with Crippen LogP contribution in [0.15, 0.2) is 47.4 Å². The minimum atomic E-state index is -3.90. The molecule has 2 aromatic carbocycles. The molecule has 1 unspecified atom stereocenters. The van der Waals surface area contributed by atoms with Crippen LogP contribution in [0, 0.1) is 11.7 Å². The third-order valence-corrected chi connectivity index (χ3v) is 7.30. The van der Waals surface area contributed by atoms with E-state index in [1.807, 2.05) is 0 Å². The number of rotatable bonds is 8. The number of piperidine rings is 1. The second-order valence-corrected chi connectivity index (χ2v) is 9.36. The molecule has 31 heavy (non-hydrogen) atoms. The Bertz CT molecular complexity index is 1030. The number of carbonyl (C=O) groups excluding carboxylic acids is 1. The van der Waals surface area contributed by atoms with Crippen LogP contribution in [-0.2, 0) is 14.8 Å². The van der Waals surface area contributed by atoms with Crippen LogP contribution in [0.25, 0.3) is 0 Å². The van der Waals surface area contributed by atoms with Gasteiger partial charge in [0.1, 0.15) is 22.2 Å². The van der Waals surface area contributed by atoms with Crippen LogP contribution in [0.3, 0.4) is 0 Å². The average molecular weight is 451 g/mol. The van der Waals surface area contributed by atoms with Crippen molar-refractivity contribution in [1.29, 1.82) is 0 Å². The fraction of sp³-hybridized carbons (Fsp3) is 0.409. The standard InChI is InChI=1S/C22H27FN2O5S/c1-29-17-10-11-19(20(14-17)30-2)24-22(26)12-9-16-6-5-13-25(15-16)31(27,28)21-8-4-3-7-18(21)23/h3-4,7-8,10-11,14,16H,5-6,9,12-13,15H2,1-2H3,(H,24,26). The first-order valence-corrected chi connectivity index (χ1v) is 11.6. The van der Waals surface area contributed by atoms with Crippen LogP contribution in [0.1, 0.15) is 25.7 Å². The van der Waals surface area contributed by atoms with Gasteiger partial charge in [0, 0.05) is 25.6 Å². The van der Waals surface area contributed by atoms with Crippen LogP contribution in [0.4, 0.5) is 10.1 Å². The Labute approximate surface area is 182 Å². The van der Waals surface area contributed by atoms with Crippen molar-refractivity contribution in [2.75, 3.05) is 32.6 Å². The predicted molar refractivity (Wildman–Crippen MR) is 115 cm³/mol. The topological polar surface area (TPSA) is 84.9 Å². The van der Waals surface area contributed by atoms with Gasteiger partial charge in [-0.1, -0.05) is 12.1 Å². The first-order valence-electron chi connectivity index (χ1n) is 10.1. The average Bonchev–Trinajstić information content (AvgIpc) is 2.78. The molecular formula is C22H27FN2O5S. The Morgan fingerprint density at radius 1 is 1.19 bits per heavy atom. The monoisotopic (exact) mass is 450 g/mol. The SMILES string of the molecule is COc1ccc(NC(=O)CCC2CCCN(S(=O)(=O)c3ccccc3F)C2)c(OC)c1. The Hall–Kier alpha value is -2.65. The predicted octanol–water partition coefficient (Wildman–Crippen LogP) is 3.66. The van der Waals surface area contributed by atoms with E-state index in [0.717, 1.165) is 12.5 Å². The number of carbonyl (C=O) groups is 1. The third kappa shape index (κ3) is 5.54. The summed E-state index contributed by atoms with van der Waals surface area (Å²) in [5.41, 5.74) is 0.542. The van der Waals surface area contributed by atoms with E-state index in [1.54, 1.807) is 25.3 Å². The lowest BCUT2D eigenvalue weighted by Gasteiger charge is -2.32. The van der Waals surface area contributed by atoms with E-state index >= 15 is 0 Å². The number of ether oxygens (including phenoxy) is 2. The zero-order valence-electron chi connectivity index (χ0n) is 17.6. The Morgan fingerprint density at radius 2 is 1.97 bits per heavy atom. The maximum absolute atomic E-state index is 14.0. The lowest BCUT2D eigenvalue weighted by Crippen LogP contribution is -2.40. The van der Waals surface area contributed by atoms with E-state index in [9.17, 15) is 17.6 Å². The van der Waals surface area contributed by atoms with Gasteiger partial charge in [-0.05, 0) is 49.4 Å². The second kappa shape index (κ2) is 10.1. The largest absolute Gasteiger partial charge is 0.497 e. The molecule has 0 saturated carbocycles. The highest BCUT2D eigenvalue weighted by atomic mass is 32.2. The van der Waals surface area contributed by atoms with E-state index in [1.165, 1.54) is 29.6 Å². The molecule has 3 rings (SSSR count). The Morgan fingerprint density at radius 3 is 2.68 bits per heavy atom. The molecule has 1 atom stereocenters. The van der Waals surface area contributed by atoms with E-state index in [0.29, 0.717) is 36.6 Å². The molecular weight excluding hydrogens is 423 g/mol. The summed E-state index contributed by atoms with van der Waals surface area (Å²) in [7, 11) is -0.840. The molecule has 7 nitrogen and oxygen atoms in total. The zero-order chi connectivity index (χ0) is 22.4.